The zero-order valence-electron chi connectivity index (χ0n) is 11.3. The fourth-order valence-corrected chi connectivity index (χ4v) is 2.13. The van der Waals surface area contributed by atoms with E-state index in [1.807, 2.05) is 26.8 Å². The first-order chi connectivity index (χ1) is 8.36. The van der Waals surface area contributed by atoms with Crippen molar-refractivity contribution in [2.24, 2.45) is 0 Å². The van der Waals surface area contributed by atoms with Crippen LogP contribution in [0.2, 0.25) is 0 Å². The number of nitrogens with one attached hydrogen (secondary N) is 1. The molecule has 0 saturated carbocycles. The number of aliphatic carboxylic acids is 1. The average Bonchev–Trinajstić information content (AvgIpc) is 2.52. The molecule has 1 unspecified atom stereocenters. The van der Waals surface area contributed by atoms with Gasteiger partial charge in [0.25, 0.3) is 5.91 Å². The summed E-state index contributed by atoms with van der Waals surface area (Å²) in [5.74, 6) is -1.13. The molecule has 1 aromatic heterocycles. The number of aryl methyl sites for hydroxylation is 1. The number of nitrogens with zero attached hydrogens (tertiary/aromatic N) is 1. The predicted octanol–water partition coefficient (Wildman–Crippen LogP) is 1.72. The molecule has 0 fully saturated rings. The van der Waals surface area contributed by atoms with Gasteiger partial charge in [0.05, 0.1) is 12.0 Å². The molecule has 5 heteroatoms. The van der Waals surface area contributed by atoms with Gasteiger partial charge < -0.3 is 15.0 Å². The van der Waals surface area contributed by atoms with Crippen molar-refractivity contribution in [3.8, 4) is 0 Å². The molecule has 0 aliphatic carbocycles. The standard InChI is InChI=1S/C13H20N2O3/c1-5-15-9(3)7-11(10(15)4)13(18)14-8(2)6-12(16)17/h7-8H,5-6H2,1-4H3,(H,14,18)(H,16,17). The Hall–Kier alpha value is -1.78. The number of carboxylic acids is 1. The molecule has 2 N–H and O–H groups in total. The lowest BCUT2D eigenvalue weighted by molar-refractivity contribution is -0.137. The van der Waals surface area contributed by atoms with Crippen molar-refractivity contribution in [3.05, 3.63) is 23.0 Å². The van der Waals surface area contributed by atoms with Gasteiger partial charge in [0, 0.05) is 24.0 Å². The summed E-state index contributed by atoms with van der Waals surface area (Å²) < 4.78 is 2.05. The summed E-state index contributed by atoms with van der Waals surface area (Å²) >= 11 is 0. The first-order valence-electron chi connectivity index (χ1n) is 6.06. The molecule has 5 nitrogen and oxygen atoms in total. The Labute approximate surface area is 107 Å². The number of rotatable bonds is 5. The summed E-state index contributed by atoms with van der Waals surface area (Å²) in [6, 6.07) is 1.46. The number of carbonyl (C=O) groups is 2. The van der Waals surface area contributed by atoms with Gasteiger partial charge in [-0.3, -0.25) is 9.59 Å². The van der Waals surface area contributed by atoms with Crippen molar-refractivity contribution >= 4 is 11.9 Å². The number of carboxylic acid groups (broad SMARTS) is 1. The highest BCUT2D eigenvalue weighted by Crippen LogP contribution is 2.15. The lowest BCUT2D eigenvalue weighted by Gasteiger charge is -2.11. The van der Waals surface area contributed by atoms with Crippen LogP contribution in [0.3, 0.4) is 0 Å². The van der Waals surface area contributed by atoms with Gasteiger partial charge in [-0.05, 0) is 33.8 Å². The van der Waals surface area contributed by atoms with E-state index in [0.29, 0.717) is 5.56 Å². The minimum absolute atomic E-state index is 0.0712. The van der Waals surface area contributed by atoms with Crippen molar-refractivity contribution in [1.82, 2.24) is 9.88 Å². The fourth-order valence-electron chi connectivity index (χ4n) is 2.13. The van der Waals surface area contributed by atoms with Crippen LogP contribution in [0.4, 0.5) is 0 Å². The highest BCUT2D eigenvalue weighted by atomic mass is 16.4. The Kier molecular flexibility index (Phi) is 4.53. The van der Waals surface area contributed by atoms with Crippen LogP contribution in [0, 0.1) is 13.8 Å². The maximum atomic E-state index is 12.0. The van der Waals surface area contributed by atoms with Crippen LogP contribution in [0.15, 0.2) is 6.07 Å². The number of aromatic nitrogens is 1. The maximum absolute atomic E-state index is 12.0. The minimum Gasteiger partial charge on any atom is -0.481 e. The molecular weight excluding hydrogens is 232 g/mol. The quantitative estimate of drug-likeness (QED) is 0.838. The molecule has 100 valence electrons. The summed E-state index contributed by atoms with van der Waals surface area (Å²) in [5.41, 5.74) is 2.56. The molecule has 1 rings (SSSR count). The predicted molar refractivity (Wildman–Crippen MR) is 68.8 cm³/mol. The van der Waals surface area contributed by atoms with Crippen molar-refractivity contribution in [2.45, 2.75) is 46.7 Å². The summed E-state index contributed by atoms with van der Waals surface area (Å²) in [6.45, 7) is 8.37. The summed E-state index contributed by atoms with van der Waals surface area (Å²) in [7, 11) is 0. The smallest absolute Gasteiger partial charge is 0.305 e. The fraction of sp³-hybridized carbons (Fsp3) is 0.538. The lowest BCUT2D eigenvalue weighted by Crippen LogP contribution is -2.34. The Bertz CT molecular complexity index is 463. The molecule has 1 atom stereocenters. The molecule has 0 radical (unpaired) electrons. The third kappa shape index (κ3) is 3.12. The molecule has 0 spiro atoms. The number of hydrogen-bond donors (Lipinski definition) is 2. The van der Waals surface area contributed by atoms with Crippen LogP contribution in [0.5, 0.6) is 0 Å². The monoisotopic (exact) mass is 252 g/mol. The summed E-state index contributed by atoms with van der Waals surface area (Å²) in [5, 5.41) is 11.4. The maximum Gasteiger partial charge on any atom is 0.305 e. The zero-order chi connectivity index (χ0) is 13.9. The molecule has 18 heavy (non-hydrogen) atoms. The number of hydrogen-bond acceptors (Lipinski definition) is 2. The van der Waals surface area contributed by atoms with Crippen molar-refractivity contribution in [1.29, 1.82) is 0 Å². The molecule has 1 heterocycles. The number of amides is 1. The second kappa shape index (κ2) is 5.71. The Morgan fingerprint density at radius 2 is 2.06 bits per heavy atom. The van der Waals surface area contributed by atoms with Crippen molar-refractivity contribution in [2.75, 3.05) is 0 Å². The van der Waals surface area contributed by atoms with E-state index in [0.717, 1.165) is 17.9 Å². The van der Waals surface area contributed by atoms with E-state index in [1.54, 1.807) is 6.92 Å². The van der Waals surface area contributed by atoms with E-state index in [1.165, 1.54) is 0 Å². The molecular formula is C13H20N2O3. The average molecular weight is 252 g/mol. The van der Waals surface area contributed by atoms with Crippen LogP contribution < -0.4 is 5.32 Å². The van der Waals surface area contributed by atoms with Gasteiger partial charge >= 0.3 is 5.97 Å². The minimum atomic E-state index is -0.915. The topological polar surface area (TPSA) is 71.3 Å². The van der Waals surface area contributed by atoms with Gasteiger partial charge in [-0.2, -0.15) is 0 Å². The Morgan fingerprint density at radius 1 is 1.44 bits per heavy atom. The molecule has 0 aliphatic heterocycles. The van der Waals surface area contributed by atoms with E-state index in [2.05, 4.69) is 9.88 Å². The first-order valence-corrected chi connectivity index (χ1v) is 6.06. The van der Waals surface area contributed by atoms with Crippen LogP contribution in [0.1, 0.15) is 42.0 Å². The molecule has 1 aromatic rings. The van der Waals surface area contributed by atoms with E-state index >= 15 is 0 Å². The SMILES string of the molecule is CCn1c(C)cc(C(=O)NC(C)CC(=O)O)c1C. The van der Waals surface area contributed by atoms with E-state index < -0.39 is 5.97 Å². The van der Waals surface area contributed by atoms with Crippen LogP contribution >= 0.6 is 0 Å². The van der Waals surface area contributed by atoms with Crippen LogP contribution in [0.25, 0.3) is 0 Å². The van der Waals surface area contributed by atoms with Gasteiger partial charge in [0.1, 0.15) is 0 Å². The molecule has 0 bridgehead atoms. The highest BCUT2D eigenvalue weighted by Gasteiger charge is 2.17. The second-order valence-corrected chi connectivity index (χ2v) is 4.50. The van der Waals surface area contributed by atoms with Gasteiger partial charge in [-0.1, -0.05) is 0 Å². The van der Waals surface area contributed by atoms with Crippen LogP contribution in [-0.2, 0) is 11.3 Å². The van der Waals surface area contributed by atoms with Gasteiger partial charge in [-0.15, -0.1) is 0 Å². The summed E-state index contributed by atoms with van der Waals surface area (Å²) in [6.07, 6.45) is -0.0712. The lowest BCUT2D eigenvalue weighted by atomic mass is 10.2. The van der Waals surface area contributed by atoms with Gasteiger partial charge in [0.2, 0.25) is 0 Å². The van der Waals surface area contributed by atoms with Crippen molar-refractivity contribution in [3.63, 3.8) is 0 Å². The largest absolute Gasteiger partial charge is 0.481 e. The van der Waals surface area contributed by atoms with Gasteiger partial charge in [-0.25, -0.2) is 0 Å². The first kappa shape index (κ1) is 14.3. The van der Waals surface area contributed by atoms with E-state index in [4.69, 9.17) is 5.11 Å². The molecule has 1 amide bonds. The third-order valence-corrected chi connectivity index (χ3v) is 2.99. The Morgan fingerprint density at radius 3 is 2.50 bits per heavy atom. The molecule has 0 aromatic carbocycles. The molecule has 0 saturated heterocycles. The van der Waals surface area contributed by atoms with Crippen LogP contribution in [-0.4, -0.2) is 27.6 Å². The Balaban J connectivity index is 2.82. The van der Waals surface area contributed by atoms with E-state index in [9.17, 15) is 9.59 Å². The summed E-state index contributed by atoms with van der Waals surface area (Å²) in [4.78, 5) is 22.6. The number of carbonyl (C=O) groups excluding carboxylic acids is 1. The molecule has 0 aliphatic rings. The van der Waals surface area contributed by atoms with Crippen molar-refractivity contribution < 1.29 is 14.7 Å². The highest BCUT2D eigenvalue weighted by molar-refractivity contribution is 5.96. The second-order valence-electron chi connectivity index (χ2n) is 4.50. The normalized spacial score (nSPS) is 12.2. The van der Waals surface area contributed by atoms with E-state index in [-0.39, 0.29) is 18.4 Å². The third-order valence-electron chi connectivity index (χ3n) is 2.99. The van der Waals surface area contributed by atoms with Gasteiger partial charge in [0.15, 0.2) is 0 Å². The zero-order valence-corrected chi connectivity index (χ0v) is 11.3.